The lowest BCUT2D eigenvalue weighted by Gasteiger charge is -2.15. The summed E-state index contributed by atoms with van der Waals surface area (Å²) in [4.78, 5) is 37.8. The third-order valence-electron chi connectivity index (χ3n) is 3.63. The lowest BCUT2D eigenvalue weighted by molar-refractivity contribution is -0.126. The van der Waals surface area contributed by atoms with Gasteiger partial charge >= 0.3 is 5.97 Å². The number of hydrogen-bond donors (Lipinski definition) is 1. The Morgan fingerprint density at radius 1 is 1.32 bits per heavy atom. The van der Waals surface area contributed by atoms with Crippen LogP contribution in [0.5, 0.6) is 0 Å². The molecule has 0 bridgehead atoms. The molecule has 0 aromatic heterocycles. The second kappa shape index (κ2) is 8.96. The van der Waals surface area contributed by atoms with E-state index >= 15 is 0 Å². The molecule has 1 aliphatic heterocycles. The van der Waals surface area contributed by atoms with Crippen molar-refractivity contribution in [1.29, 1.82) is 0 Å². The van der Waals surface area contributed by atoms with Gasteiger partial charge in [0.2, 0.25) is 11.8 Å². The van der Waals surface area contributed by atoms with Crippen LogP contribution in [0.2, 0.25) is 0 Å². The van der Waals surface area contributed by atoms with Crippen LogP contribution in [0.15, 0.2) is 24.3 Å². The first-order chi connectivity index (χ1) is 12.0. The third-order valence-corrected chi connectivity index (χ3v) is 5.39. The van der Waals surface area contributed by atoms with Gasteiger partial charge in [0.15, 0.2) is 0 Å². The van der Waals surface area contributed by atoms with Gasteiger partial charge in [-0.15, -0.1) is 0 Å². The Labute approximate surface area is 156 Å². The molecule has 1 saturated heterocycles. The monoisotopic (exact) mass is 380 g/mol. The van der Waals surface area contributed by atoms with E-state index in [1.807, 2.05) is 6.92 Å². The Bertz CT molecular complexity index is 693. The van der Waals surface area contributed by atoms with Gasteiger partial charge in [-0.05, 0) is 25.5 Å². The first kappa shape index (κ1) is 19.4. The van der Waals surface area contributed by atoms with E-state index in [4.69, 9.17) is 17.0 Å². The molecule has 0 radical (unpaired) electrons. The molecule has 0 spiro atoms. The molecule has 1 atom stereocenters. The lowest BCUT2D eigenvalue weighted by atomic mass is 10.1. The first-order valence-corrected chi connectivity index (χ1v) is 9.34. The van der Waals surface area contributed by atoms with Crippen LogP contribution in [-0.2, 0) is 14.3 Å². The van der Waals surface area contributed by atoms with Gasteiger partial charge in [-0.2, -0.15) is 0 Å². The molecule has 1 aromatic carbocycles. The fourth-order valence-corrected chi connectivity index (χ4v) is 3.84. The molecule has 0 aliphatic carbocycles. The fraction of sp³-hybridized carbons (Fsp3) is 0.412. The summed E-state index contributed by atoms with van der Waals surface area (Å²) in [6, 6.07) is 6.65. The molecule has 134 valence electrons. The molecule has 25 heavy (non-hydrogen) atoms. The number of hydrogen-bond acceptors (Lipinski definition) is 6. The van der Waals surface area contributed by atoms with E-state index in [0.29, 0.717) is 22.0 Å². The second-order valence-corrected chi connectivity index (χ2v) is 7.17. The van der Waals surface area contributed by atoms with Gasteiger partial charge in [-0.3, -0.25) is 14.5 Å². The number of anilines is 1. The predicted molar refractivity (Wildman–Crippen MR) is 102 cm³/mol. The Balaban J connectivity index is 1.96. The van der Waals surface area contributed by atoms with Crippen molar-refractivity contribution in [3.8, 4) is 0 Å². The van der Waals surface area contributed by atoms with Crippen molar-refractivity contribution in [1.82, 2.24) is 4.90 Å². The SMILES string of the molecule is CCOC(=O)c1ccccc1NC(=O)CCN1C(=O)C(CC)SC1=S. The summed E-state index contributed by atoms with van der Waals surface area (Å²) in [6.07, 6.45) is 0.805. The van der Waals surface area contributed by atoms with Crippen LogP contribution in [0, 0.1) is 0 Å². The van der Waals surface area contributed by atoms with Crippen LogP contribution >= 0.6 is 24.0 Å². The average Bonchev–Trinajstić information content (AvgIpc) is 2.87. The largest absolute Gasteiger partial charge is 0.462 e. The topological polar surface area (TPSA) is 75.7 Å². The Morgan fingerprint density at radius 2 is 2.04 bits per heavy atom. The van der Waals surface area contributed by atoms with E-state index in [2.05, 4.69) is 5.32 Å². The summed E-state index contributed by atoms with van der Waals surface area (Å²) >= 11 is 6.57. The minimum atomic E-state index is -0.489. The number of rotatable bonds is 7. The van der Waals surface area contributed by atoms with Gasteiger partial charge in [-0.1, -0.05) is 43.0 Å². The molecule has 1 aliphatic rings. The number of nitrogens with zero attached hydrogens (tertiary/aromatic N) is 1. The van der Waals surface area contributed by atoms with Gasteiger partial charge < -0.3 is 10.1 Å². The van der Waals surface area contributed by atoms with Gasteiger partial charge in [0.05, 0.1) is 23.1 Å². The molecule has 0 saturated carbocycles. The second-order valence-electron chi connectivity index (χ2n) is 5.33. The Hall–Kier alpha value is -1.93. The zero-order chi connectivity index (χ0) is 18.4. The highest BCUT2D eigenvalue weighted by molar-refractivity contribution is 8.24. The molecule has 1 aromatic rings. The highest BCUT2D eigenvalue weighted by atomic mass is 32.2. The molecule has 1 unspecified atom stereocenters. The number of benzene rings is 1. The molecule has 6 nitrogen and oxygen atoms in total. The highest BCUT2D eigenvalue weighted by Gasteiger charge is 2.35. The van der Waals surface area contributed by atoms with Crippen LogP contribution in [0.3, 0.4) is 0 Å². The average molecular weight is 380 g/mol. The number of carbonyl (C=O) groups excluding carboxylic acids is 3. The number of amides is 2. The van der Waals surface area contributed by atoms with E-state index in [1.54, 1.807) is 31.2 Å². The summed E-state index contributed by atoms with van der Waals surface area (Å²) in [6.45, 7) is 4.14. The van der Waals surface area contributed by atoms with Crippen molar-refractivity contribution in [3.05, 3.63) is 29.8 Å². The van der Waals surface area contributed by atoms with E-state index in [1.165, 1.54) is 16.7 Å². The van der Waals surface area contributed by atoms with E-state index in [9.17, 15) is 14.4 Å². The number of esters is 1. The van der Waals surface area contributed by atoms with Crippen LogP contribution < -0.4 is 5.32 Å². The number of para-hydroxylation sites is 1. The maximum Gasteiger partial charge on any atom is 0.340 e. The van der Waals surface area contributed by atoms with Gasteiger partial charge in [0, 0.05) is 13.0 Å². The molecular weight excluding hydrogens is 360 g/mol. The van der Waals surface area contributed by atoms with Crippen LogP contribution in [0.4, 0.5) is 5.69 Å². The van der Waals surface area contributed by atoms with Gasteiger partial charge in [-0.25, -0.2) is 4.79 Å². The molecule has 8 heteroatoms. The number of thioether (sulfide) groups is 1. The smallest absolute Gasteiger partial charge is 0.340 e. The molecular formula is C17H20N2O4S2. The molecule has 1 N–H and O–H groups in total. The normalized spacial score (nSPS) is 16.9. The van der Waals surface area contributed by atoms with Gasteiger partial charge in [0.25, 0.3) is 0 Å². The Morgan fingerprint density at radius 3 is 2.68 bits per heavy atom. The molecule has 2 amide bonds. The molecule has 2 rings (SSSR count). The summed E-state index contributed by atoms with van der Waals surface area (Å²) in [7, 11) is 0. The number of thiocarbonyl (C=S) groups is 1. The lowest BCUT2D eigenvalue weighted by Crippen LogP contribution is -2.34. The highest BCUT2D eigenvalue weighted by Crippen LogP contribution is 2.29. The van der Waals surface area contributed by atoms with Crippen molar-refractivity contribution >= 4 is 51.8 Å². The molecule has 1 heterocycles. The van der Waals surface area contributed by atoms with E-state index < -0.39 is 5.97 Å². The van der Waals surface area contributed by atoms with Crippen molar-refractivity contribution in [2.24, 2.45) is 0 Å². The maximum absolute atomic E-state index is 12.2. The zero-order valence-electron chi connectivity index (χ0n) is 14.1. The third kappa shape index (κ3) is 4.79. The number of nitrogens with one attached hydrogen (secondary N) is 1. The Kier molecular flexibility index (Phi) is 6.95. The van der Waals surface area contributed by atoms with Crippen molar-refractivity contribution in [2.45, 2.75) is 31.9 Å². The molecule has 1 fully saturated rings. The minimum Gasteiger partial charge on any atom is -0.462 e. The van der Waals surface area contributed by atoms with Crippen LogP contribution in [0.1, 0.15) is 37.0 Å². The van der Waals surface area contributed by atoms with Crippen molar-refractivity contribution < 1.29 is 19.1 Å². The summed E-state index contributed by atoms with van der Waals surface area (Å²) in [5.74, 6) is -0.828. The van der Waals surface area contributed by atoms with E-state index in [0.717, 1.165) is 0 Å². The fourth-order valence-electron chi connectivity index (χ4n) is 2.36. The number of ether oxygens (including phenoxy) is 1. The number of carbonyl (C=O) groups is 3. The van der Waals surface area contributed by atoms with Gasteiger partial charge in [0.1, 0.15) is 4.32 Å². The van der Waals surface area contributed by atoms with Crippen molar-refractivity contribution in [2.75, 3.05) is 18.5 Å². The standard InChI is InChI=1S/C17H20N2O4S2/c1-3-13-15(21)19(17(24)25-13)10-9-14(20)18-12-8-6-5-7-11(12)16(22)23-4-2/h5-8,13H,3-4,9-10H2,1-2H3,(H,18,20). The van der Waals surface area contributed by atoms with Crippen LogP contribution in [0.25, 0.3) is 0 Å². The first-order valence-electron chi connectivity index (χ1n) is 8.05. The van der Waals surface area contributed by atoms with Crippen molar-refractivity contribution in [3.63, 3.8) is 0 Å². The maximum atomic E-state index is 12.2. The van der Waals surface area contributed by atoms with Crippen LogP contribution in [-0.4, -0.2) is 45.4 Å². The summed E-state index contributed by atoms with van der Waals surface area (Å²) < 4.78 is 5.49. The zero-order valence-corrected chi connectivity index (χ0v) is 15.7. The quantitative estimate of drug-likeness (QED) is 0.579. The van der Waals surface area contributed by atoms with E-state index in [-0.39, 0.29) is 36.6 Å². The summed E-state index contributed by atoms with van der Waals surface area (Å²) in [5.41, 5.74) is 0.689. The minimum absolute atomic E-state index is 0.0442. The summed E-state index contributed by atoms with van der Waals surface area (Å²) in [5, 5.41) is 2.55. The predicted octanol–water partition coefficient (Wildman–Crippen LogP) is 2.83.